The molecule has 3 aliphatic heterocycles. The Labute approximate surface area is 420 Å². The van der Waals surface area contributed by atoms with Crippen molar-refractivity contribution in [2.45, 2.75) is 234 Å². The van der Waals surface area contributed by atoms with Gasteiger partial charge in [-0.2, -0.15) is 0 Å². The molecule has 0 aromatic carbocycles. The number of aliphatic hydroxyl groups excluding tert-OH is 11. The first-order valence-corrected chi connectivity index (χ1v) is 26.0. The fourth-order valence-corrected chi connectivity index (χ4v) is 8.51. The van der Waals surface area contributed by atoms with E-state index in [0.29, 0.717) is 19.3 Å². The SMILES string of the molecule is CC/C=C\C/C=C\C/C=C\C/C=C\C/C=C\CCCCCC(=O)NC(COC1OC(CO)C(OC2OC(CO)C(OC3OC(CO)C(O)C(O)C3O)C(O)C2O)C(O)C1O)C(O)CCCCCCCCC. The number of rotatable bonds is 35. The Kier molecular flexibility index (Phi) is 32.2. The lowest BCUT2D eigenvalue weighted by atomic mass is 9.96. The number of nitrogens with one attached hydrogen (secondary N) is 1. The van der Waals surface area contributed by atoms with Gasteiger partial charge in [0.2, 0.25) is 5.91 Å². The molecule has 3 heterocycles. The molecule has 0 radical (unpaired) electrons. The lowest BCUT2D eigenvalue weighted by molar-refractivity contribution is -0.379. The van der Waals surface area contributed by atoms with E-state index in [-0.39, 0.29) is 18.9 Å². The quantitative estimate of drug-likeness (QED) is 0.0320. The van der Waals surface area contributed by atoms with Crippen LogP contribution in [-0.2, 0) is 33.2 Å². The van der Waals surface area contributed by atoms with Crippen LogP contribution in [0.2, 0.25) is 0 Å². The molecule has 19 nitrogen and oxygen atoms in total. The summed E-state index contributed by atoms with van der Waals surface area (Å²) in [5.74, 6) is -0.283. The van der Waals surface area contributed by atoms with E-state index in [0.717, 1.165) is 83.5 Å². The van der Waals surface area contributed by atoms with Gasteiger partial charge in [-0.25, -0.2) is 0 Å². The van der Waals surface area contributed by atoms with Gasteiger partial charge in [0.1, 0.15) is 73.2 Å². The molecule has 17 unspecified atom stereocenters. The van der Waals surface area contributed by atoms with Gasteiger partial charge in [-0.05, 0) is 57.8 Å². The molecule has 0 aromatic rings. The van der Waals surface area contributed by atoms with E-state index in [1.807, 2.05) is 0 Å². The molecular formula is C52H89NO18. The third-order valence-corrected chi connectivity index (χ3v) is 12.9. The summed E-state index contributed by atoms with van der Waals surface area (Å²) >= 11 is 0. The molecule has 3 fully saturated rings. The molecule has 17 atom stereocenters. The first kappa shape index (κ1) is 62.8. The second-order valence-electron chi connectivity index (χ2n) is 18.6. The van der Waals surface area contributed by atoms with E-state index >= 15 is 0 Å². The minimum atomic E-state index is -1.98. The minimum Gasteiger partial charge on any atom is -0.394 e. The number of hydrogen-bond acceptors (Lipinski definition) is 18. The fourth-order valence-electron chi connectivity index (χ4n) is 8.51. The number of amides is 1. The van der Waals surface area contributed by atoms with Gasteiger partial charge >= 0.3 is 0 Å². The predicted octanol–water partition coefficient (Wildman–Crippen LogP) is 2.14. The molecule has 0 spiro atoms. The van der Waals surface area contributed by atoms with Crippen LogP contribution in [0.5, 0.6) is 0 Å². The van der Waals surface area contributed by atoms with Gasteiger partial charge in [0.05, 0.1) is 38.6 Å². The predicted molar refractivity (Wildman–Crippen MR) is 263 cm³/mol. The number of unbranched alkanes of at least 4 members (excludes halogenated alkanes) is 9. The topological polar surface area (TPSA) is 307 Å². The highest BCUT2D eigenvalue weighted by molar-refractivity contribution is 5.76. The van der Waals surface area contributed by atoms with Crippen molar-refractivity contribution in [1.29, 1.82) is 0 Å². The maximum Gasteiger partial charge on any atom is 0.220 e. The van der Waals surface area contributed by atoms with Gasteiger partial charge in [-0.3, -0.25) is 4.79 Å². The molecule has 0 bridgehead atoms. The molecule has 410 valence electrons. The summed E-state index contributed by atoms with van der Waals surface area (Å²) in [6, 6.07) is -0.904. The normalized spacial score (nSPS) is 32.8. The van der Waals surface area contributed by atoms with Crippen molar-refractivity contribution in [2.24, 2.45) is 0 Å². The average Bonchev–Trinajstić information content (AvgIpc) is 3.36. The van der Waals surface area contributed by atoms with Gasteiger partial charge < -0.3 is 89.9 Å². The molecule has 1 amide bonds. The van der Waals surface area contributed by atoms with E-state index in [1.165, 1.54) is 6.42 Å². The van der Waals surface area contributed by atoms with Crippen LogP contribution in [0, 0.1) is 0 Å². The second kappa shape index (κ2) is 36.4. The molecule has 0 saturated carbocycles. The third-order valence-electron chi connectivity index (χ3n) is 12.9. The standard InChI is InChI=1S/C52H89NO18/c1-3-5-7-9-11-12-13-14-15-16-17-18-19-20-21-22-24-26-28-30-40(58)53-35(36(57)29-27-25-23-10-8-6-4-2)34-66-50-46(64)43(61)48(38(32-55)68-50)71-52-47(65)44(62)49(39(33-56)69-52)70-51-45(63)42(60)41(59)37(31-54)67-51/h5,7,11-12,14-15,17-18,20-21,35-39,41-52,54-57,59-65H,3-4,6,8-10,13,16,19,22-34H2,1-2H3,(H,53,58)/b7-5-,12-11-,15-14-,18-17-,21-20-. The van der Waals surface area contributed by atoms with Crippen LogP contribution in [0.15, 0.2) is 60.8 Å². The summed E-state index contributed by atoms with van der Waals surface area (Å²) in [6.45, 7) is 1.54. The smallest absolute Gasteiger partial charge is 0.220 e. The average molecular weight is 1020 g/mol. The Balaban J connectivity index is 1.51. The second-order valence-corrected chi connectivity index (χ2v) is 18.6. The monoisotopic (exact) mass is 1020 g/mol. The maximum absolute atomic E-state index is 13.2. The molecular weight excluding hydrogens is 927 g/mol. The number of aliphatic hydroxyl groups is 11. The summed E-state index contributed by atoms with van der Waals surface area (Å²) < 4.78 is 34.1. The summed E-state index contributed by atoms with van der Waals surface area (Å²) in [6.07, 6.45) is 10.7. The zero-order chi connectivity index (χ0) is 52.0. The van der Waals surface area contributed by atoms with Crippen molar-refractivity contribution in [1.82, 2.24) is 5.32 Å². The van der Waals surface area contributed by atoms with Gasteiger partial charge in [0.25, 0.3) is 0 Å². The van der Waals surface area contributed by atoms with Crippen molar-refractivity contribution in [2.75, 3.05) is 26.4 Å². The van der Waals surface area contributed by atoms with Crippen LogP contribution in [0.4, 0.5) is 0 Å². The van der Waals surface area contributed by atoms with Crippen LogP contribution >= 0.6 is 0 Å². The van der Waals surface area contributed by atoms with Crippen LogP contribution in [0.1, 0.15) is 129 Å². The zero-order valence-electron chi connectivity index (χ0n) is 41.9. The molecule has 19 heteroatoms. The van der Waals surface area contributed by atoms with Crippen LogP contribution in [0.3, 0.4) is 0 Å². The van der Waals surface area contributed by atoms with E-state index in [4.69, 9.17) is 28.4 Å². The van der Waals surface area contributed by atoms with Crippen molar-refractivity contribution in [3.8, 4) is 0 Å². The Bertz CT molecular complexity index is 1540. The van der Waals surface area contributed by atoms with Gasteiger partial charge in [0.15, 0.2) is 18.9 Å². The van der Waals surface area contributed by atoms with Crippen LogP contribution < -0.4 is 5.32 Å². The molecule has 0 aliphatic carbocycles. The number of allylic oxidation sites excluding steroid dienone is 10. The van der Waals surface area contributed by atoms with Gasteiger partial charge in [-0.15, -0.1) is 0 Å². The first-order chi connectivity index (χ1) is 34.3. The first-order valence-electron chi connectivity index (χ1n) is 26.0. The highest BCUT2D eigenvalue weighted by Gasteiger charge is 2.53. The summed E-state index contributed by atoms with van der Waals surface area (Å²) in [4.78, 5) is 13.2. The van der Waals surface area contributed by atoms with E-state index < -0.39 is 124 Å². The largest absolute Gasteiger partial charge is 0.394 e. The van der Waals surface area contributed by atoms with Crippen LogP contribution in [-0.4, -0.2) is 193 Å². The van der Waals surface area contributed by atoms with E-state index in [1.54, 1.807) is 0 Å². The Morgan fingerprint density at radius 1 is 0.521 bits per heavy atom. The lowest BCUT2D eigenvalue weighted by Gasteiger charge is -2.48. The van der Waals surface area contributed by atoms with Gasteiger partial charge in [0, 0.05) is 6.42 Å². The summed E-state index contributed by atoms with van der Waals surface area (Å²) in [5, 5.41) is 119. The third kappa shape index (κ3) is 22.1. The number of carbonyl (C=O) groups excluding carboxylic acids is 1. The molecule has 71 heavy (non-hydrogen) atoms. The Morgan fingerprint density at radius 3 is 1.51 bits per heavy atom. The minimum absolute atomic E-state index is 0.223. The fraction of sp³-hybridized carbons (Fsp3) is 0.788. The van der Waals surface area contributed by atoms with Crippen molar-refractivity contribution < 1.29 is 89.4 Å². The lowest BCUT2D eigenvalue weighted by Crippen LogP contribution is -2.66. The molecule has 3 aliphatic rings. The summed E-state index contributed by atoms with van der Waals surface area (Å²) in [5.41, 5.74) is 0. The molecule has 3 saturated heterocycles. The molecule has 12 N–H and O–H groups in total. The van der Waals surface area contributed by atoms with Crippen molar-refractivity contribution in [3.05, 3.63) is 60.8 Å². The number of ether oxygens (including phenoxy) is 6. The number of carbonyl (C=O) groups is 1. The zero-order valence-corrected chi connectivity index (χ0v) is 41.9. The van der Waals surface area contributed by atoms with Crippen molar-refractivity contribution in [3.63, 3.8) is 0 Å². The van der Waals surface area contributed by atoms with Gasteiger partial charge in [-0.1, -0.05) is 126 Å². The maximum atomic E-state index is 13.2. The van der Waals surface area contributed by atoms with Crippen LogP contribution in [0.25, 0.3) is 0 Å². The van der Waals surface area contributed by atoms with E-state index in [9.17, 15) is 61.0 Å². The number of hydrogen-bond donors (Lipinski definition) is 12. The molecule has 0 aromatic heterocycles. The molecule has 3 rings (SSSR count). The Hall–Kier alpha value is -2.51. The highest BCUT2D eigenvalue weighted by atomic mass is 16.8. The summed E-state index contributed by atoms with van der Waals surface area (Å²) in [7, 11) is 0. The van der Waals surface area contributed by atoms with Crippen molar-refractivity contribution >= 4 is 5.91 Å². The van der Waals surface area contributed by atoms with E-state index in [2.05, 4.69) is 79.9 Å². The highest BCUT2D eigenvalue weighted by Crippen LogP contribution is 2.33. The Morgan fingerprint density at radius 2 is 0.972 bits per heavy atom.